The molecule has 1 aromatic heterocycles. The van der Waals surface area contributed by atoms with Crippen LogP contribution in [0.1, 0.15) is 32.9 Å². The number of nitrogens with one attached hydrogen (secondary N) is 1. The van der Waals surface area contributed by atoms with Crippen molar-refractivity contribution in [2.45, 2.75) is 33.3 Å². The van der Waals surface area contributed by atoms with Gasteiger partial charge in [0.1, 0.15) is 5.75 Å². The van der Waals surface area contributed by atoms with Gasteiger partial charge in [0, 0.05) is 23.4 Å². The van der Waals surface area contributed by atoms with Gasteiger partial charge in [0.25, 0.3) is 5.91 Å². The molecule has 8 heteroatoms. The molecule has 29 heavy (non-hydrogen) atoms. The molecule has 1 N–H and O–H groups in total. The monoisotopic (exact) mass is 403 g/mol. The smallest absolute Gasteiger partial charge is 0.406 e. The van der Waals surface area contributed by atoms with E-state index in [1.54, 1.807) is 0 Å². The molecule has 3 rings (SSSR count). The fourth-order valence-electron chi connectivity index (χ4n) is 2.98. The number of aryl methyl sites for hydroxylation is 1. The Kier molecular flexibility index (Phi) is 5.91. The summed E-state index contributed by atoms with van der Waals surface area (Å²) in [6, 6.07) is 14.7. The number of aromatic nitrogens is 2. The summed E-state index contributed by atoms with van der Waals surface area (Å²) >= 11 is 0. The molecule has 0 unspecified atom stereocenters. The Morgan fingerprint density at radius 3 is 2.34 bits per heavy atom. The Labute approximate surface area is 166 Å². The lowest BCUT2D eigenvalue weighted by Gasteiger charge is -2.10. The zero-order valence-electron chi connectivity index (χ0n) is 16.0. The molecule has 0 aliphatic carbocycles. The molecule has 5 nitrogen and oxygen atoms in total. The molecular weight excluding hydrogens is 383 g/mol. The third-order valence-electron chi connectivity index (χ3n) is 4.48. The Hall–Kier alpha value is -3.29. The quantitative estimate of drug-likeness (QED) is 0.665. The van der Waals surface area contributed by atoms with Crippen molar-refractivity contribution in [3.63, 3.8) is 0 Å². The minimum Gasteiger partial charge on any atom is -0.406 e. The van der Waals surface area contributed by atoms with Crippen molar-refractivity contribution in [3.05, 3.63) is 82.7 Å². The Morgan fingerprint density at radius 1 is 1.07 bits per heavy atom. The Balaban J connectivity index is 1.64. The van der Waals surface area contributed by atoms with Gasteiger partial charge in [-0.05, 0) is 43.7 Å². The predicted molar refractivity (Wildman–Crippen MR) is 102 cm³/mol. The van der Waals surface area contributed by atoms with Gasteiger partial charge in [0.2, 0.25) is 0 Å². The summed E-state index contributed by atoms with van der Waals surface area (Å²) in [7, 11) is 0. The Bertz CT molecular complexity index is 981. The van der Waals surface area contributed by atoms with E-state index < -0.39 is 12.3 Å². The first-order valence-corrected chi connectivity index (χ1v) is 8.94. The summed E-state index contributed by atoms with van der Waals surface area (Å²) < 4.78 is 42.3. The van der Waals surface area contributed by atoms with E-state index in [0.29, 0.717) is 6.54 Å². The minimum atomic E-state index is -4.77. The topological polar surface area (TPSA) is 56.2 Å². The summed E-state index contributed by atoms with van der Waals surface area (Å²) in [6.45, 7) is 4.71. The second-order valence-corrected chi connectivity index (χ2v) is 6.55. The van der Waals surface area contributed by atoms with Crippen molar-refractivity contribution in [2.24, 2.45) is 0 Å². The van der Waals surface area contributed by atoms with E-state index >= 15 is 0 Å². The molecule has 0 aliphatic rings. The van der Waals surface area contributed by atoms with Gasteiger partial charge in [-0.2, -0.15) is 5.10 Å². The van der Waals surface area contributed by atoms with Crippen LogP contribution in [0.2, 0.25) is 0 Å². The maximum absolute atomic E-state index is 12.3. The summed E-state index contributed by atoms with van der Waals surface area (Å²) in [5.41, 5.74) is 4.03. The largest absolute Gasteiger partial charge is 0.573 e. The highest BCUT2D eigenvalue weighted by Crippen LogP contribution is 2.23. The molecule has 0 radical (unpaired) electrons. The van der Waals surface area contributed by atoms with Gasteiger partial charge < -0.3 is 10.1 Å². The first-order valence-electron chi connectivity index (χ1n) is 8.94. The van der Waals surface area contributed by atoms with E-state index in [-0.39, 0.29) is 17.9 Å². The second kappa shape index (κ2) is 8.38. The fraction of sp³-hybridized carbons (Fsp3) is 0.238. The van der Waals surface area contributed by atoms with Crippen molar-refractivity contribution in [2.75, 3.05) is 0 Å². The first-order chi connectivity index (χ1) is 13.7. The van der Waals surface area contributed by atoms with Gasteiger partial charge in [0.15, 0.2) is 0 Å². The standard InChI is InChI=1S/C21H20F3N3O2/c1-14-19(15(2)27(26-14)13-16-6-4-3-5-7-16)12-25-20(28)17-8-10-18(11-9-17)29-21(22,23)24/h3-11H,12-13H2,1-2H3,(H,25,28). The second-order valence-electron chi connectivity index (χ2n) is 6.55. The van der Waals surface area contributed by atoms with Crippen molar-refractivity contribution >= 4 is 5.91 Å². The molecule has 1 heterocycles. The lowest BCUT2D eigenvalue weighted by Crippen LogP contribution is -2.23. The highest BCUT2D eigenvalue weighted by Gasteiger charge is 2.31. The van der Waals surface area contributed by atoms with Crippen LogP contribution in [0.15, 0.2) is 54.6 Å². The normalized spacial score (nSPS) is 11.3. The van der Waals surface area contributed by atoms with Crippen molar-refractivity contribution < 1.29 is 22.7 Å². The number of benzene rings is 2. The highest BCUT2D eigenvalue weighted by molar-refractivity contribution is 5.94. The maximum atomic E-state index is 12.3. The summed E-state index contributed by atoms with van der Waals surface area (Å²) in [5, 5.41) is 7.33. The lowest BCUT2D eigenvalue weighted by molar-refractivity contribution is -0.274. The number of alkyl halides is 3. The fourth-order valence-corrected chi connectivity index (χ4v) is 2.98. The van der Waals surface area contributed by atoms with Gasteiger partial charge in [-0.25, -0.2) is 0 Å². The minimum absolute atomic E-state index is 0.242. The summed E-state index contributed by atoms with van der Waals surface area (Å²) in [4.78, 5) is 12.3. The molecule has 0 aliphatic heterocycles. The third-order valence-corrected chi connectivity index (χ3v) is 4.48. The van der Waals surface area contributed by atoms with Crippen LogP contribution in [-0.4, -0.2) is 22.1 Å². The molecule has 2 aromatic carbocycles. The van der Waals surface area contributed by atoms with Crippen LogP contribution in [-0.2, 0) is 13.1 Å². The number of carbonyl (C=O) groups excluding carboxylic acids is 1. The zero-order chi connectivity index (χ0) is 21.0. The van der Waals surface area contributed by atoms with E-state index in [0.717, 1.165) is 34.6 Å². The molecular formula is C21H20F3N3O2. The Morgan fingerprint density at radius 2 is 1.72 bits per heavy atom. The first kappa shape index (κ1) is 20.4. The number of hydrogen-bond acceptors (Lipinski definition) is 3. The number of ether oxygens (including phenoxy) is 1. The number of nitrogens with zero attached hydrogens (tertiary/aromatic N) is 2. The molecule has 0 atom stereocenters. The van der Waals surface area contributed by atoms with Crippen LogP contribution in [0.25, 0.3) is 0 Å². The number of rotatable bonds is 6. The van der Waals surface area contributed by atoms with E-state index in [1.165, 1.54) is 12.1 Å². The van der Waals surface area contributed by atoms with Gasteiger partial charge in [0.05, 0.1) is 12.2 Å². The summed E-state index contributed by atoms with van der Waals surface area (Å²) in [5.74, 6) is -0.763. The van der Waals surface area contributed by atoms with Crippen LogP contribution < -0.4 is 10.1 Å². The summed E-state index contributed by atoms with van der Waals surface area (Å²) in [6.07, 6.45) is -4.77. The van der Waals surface area contributed by atoms with E-state index in [2.05, 4.69) is 15.2 Å². The number of hydrogen-bond donors (Lipinski definition) is 1. The van der Waals surface area contributed by atoms with E-state index in [9.17, 15) is 18.0 Å². The number of amides is 1. The predicted octanol–water partition coefficient (Wildman–Crippen LogP) is 4.38. The lowest BCUT2D eigenvalue weighted by atomic mass is 10.1. The average molecular weight is 403 g/mol. The van der Waals surface area contributed by atoms with Crippen molar-refractivity contribution in [1.29, 1.82) is 0 Å². The third kappa shape index (κ3) is 5.37. The van der Waals surface area contributed by atoms with Gasteiger partial charge in [-0.1, -0.05) is 30.3 Å². The van der Waals surface area contributed by atoms with Gasteiger partial charge >= 0.3 is 6.36 Å². The molecule has 0 fully saturated rings. The highest BCUT2D eigenvalue weighted by atomic mass is 19.4. The van der Waals surface area contributed by atoms with Gasteiger partial charge in [-0.3, -0.25) is 9.48 Å². The maximum Gasteiger partial charge on any atom is 0.573 e. The zero-order valence-corrected chi connectivity index (χ0v) is 16.0. The van der Waals surface area contributed by atoms with E-state index in [1.807, 2.05) is 48.9 Å². The number of carbonyl (C=O) groups is 1. The van der Waals surface area contributed by atoms with E-state index in [4.69, 9.17) is 0 Å². The molecule has 0 saturated carbocycles. The van der Waals surface area contributed by atoms with Gasteiger partial charge in [-0.15, -0.1) is 13.2 Å². The van der Waals surface area contributed by atoms with Crippen molar-refractivity contribution in [1.82, 2.24) is 15.1 Å². The van der Waals surface area contributed by atoms with Crippen LogP contribution in [0, 0.1) is 13.8 Å². The molecule has 1 amide bonds. The van der Waals surface area contributed by atoms with Crippen molar-refractivity contribution in [3.8, 4) is 5.75 Å². The molecule has 0 saturated heterocycles. The molecule has 3 aromatic rings. The number of halogens is 3. The average Bonchev–Trinajstić information content (AvgIpc) is 2.93. The van der Waals surface area contributed by atoms with Crippen LogP contribution in [0.3, 0.4) is 0 Å². The van der Waals surface area contributed by atoms with Crippen LogP contribution >= 0.6 is 0 Å². The molecule has 0 spiro atoms. The molecule has 0 bridgehead atoms. The van der Waals surface area contributed by atoms with Crippen LogP contribution in [0.4, 0.5) is 13.2 Å². The SMILES string of the molecule is Cc1nn(Cc2ccccc2)c(C)c1CNC(=O)c1ccc(OC(F)(F)F)cc1. The molecule has 152 valence electrons. The van der Waals surface area contributed by atoms with Crippen LogP contribution in [0.5, 0.6) is 5.75 Å².